The van der Waals surface area contributed by atoms with Crippen molar-refractivity contribution in [2.45, 2.75) is 65.0 Å². The van der Waals surface area contributed by atoms with Crippen molar-refractivity contribution in [3.63, 3.8) is 0 Å². The number of rotatable bonds is 7. The molecule has 2 atom stereocenters. The van der Waals surface area contributed by atoms with Gasteiger partial charge in [-0.05, 0) is 37.8 Å². The molecule has 7 nitrogen and oxygen atoms in total. The number of amides is 2. The zero-order valence-electron chi connectivity index (χ0n) is 16.5. The molecule has 0 radical (unpaired) electrons. The van der Waals surface area contributed by atoms with Crippen molar-refractivity contribution in [2.75, 3.05) is 5.32 Å². The molecular weight excluding hydrogens is 382 g/mol. The predicted octanol–water partition coefficient (Wildman–Crippen LogP) is 3.33. The van der Waals surface area contributed by atoms with Crippen LogP contribution in [-0.2, 0) is 19.1 Å². The van der Waals surface area contributed by atoms with E-state index in [9.17, 15) is 14.4 Å². The summed E-state index contributed by atoms with van der Waals surface area (Å²) < 4.78 is 5.30. The molecule has 1 aromatic rings. The van der Waals surface area contributed by atoms with E-state index in [1.807, 2.05) is 13.8 Å². The molecule has 1 aliphatic carbocycles. The maximum Gasteiger partial charge on any atom is 0.329 e. The van der Waals surface area contributed by atoms with Crippen molar-refractivity contribution in [3.05, 3.63) is 23.4 Å². The number of carbonyl (C=O) groups is 3. The summed E-state index contributed by atoms with van der Waals surface area (Å²) in [4.78, 5) is 41.3. The monoisotopic (exact) mass is 409 g/mol. The quantitative estimate of drug-likeness (QED) is 0.673. The number of pyridine rings is 1. The Morgan fingerprint density at radius 1 is 1.14 bits per heavy atom. The fourth-order valence-corrected chi connectivity index (χ4v) is 3.22. The minimum Gasteiger partial charge on any atom is -0.451 e. The maximum absolute atomic E-state index is 12.6. The number of anilines is 1. The molecule has 0 unspecified atom stereocenters. The lowest BCUT2D eigenvalue weighted by atomic mass is 9.88. The van der Waals surface area contributed by atoms with Gasteiger partial charge in [0.15, 0.2) is 6.10 Å². The molecule has 0 spiro atoms. The second-order valence-electron chi connectivity index (χ2n) is 7.50. The summed E-state index contributed by atoms with van der Waals surface area (Å²) in [6.07, 6.45) is 5.28. The molecule has 1 saturated carbocycles. The van der Waals surface area contributed by atoms with Gasteiger partial charge in [0.25, 0.3) is 5.91 Å². The highest BCUT2D eigenvalue weighted by Gasteiger charge is 2.31. The normalized spacial score (nSPS) is 16.9. The molecule has 8 heteroatoms. The van der Waals surface area contributed by atoms with Gasteiger partial charge in [-0.15, -0.1) is 0 Å². The first-order valence-corrected chi connectivity index (χ1v) is 10.1. The summed E-state index contributed by atoms with van der Waals surface area (Å²) in [6, 6.07) is 2.35. The lowest BCUT2D eigenvalue weighted by molar-refractivity contribution is -0.157. The smallest absolute Gasteiger partial charge is 0.329 e. The standard InChI is InChI=1S/C20H28ClN3O4/c1-12(2)17(24-19(26)14-7-5-4-6-8-14)20(27)28-13(3)18(25)23-16-10-9-15(21)11-22-16/h9-14,17H,4-8H2,1-3H3,(H,24,26)(H,22,23,25)/t13-,17-/m0/s1. The van der Waals surface area contributed by atoms with E-state index >= 15 is 0 Å². The average Bonchev–Trinajstić information content (AvgIpc) is 2.67. The molecule has 0 aliphatic heterocycles. The van der Waals surface area contributed by atoms with Crippen molar-refractivity contribution < 1.29 is 19.1 Å². The largest absolute Gasteiger partial charge is 0.451 e. The van der Waals surface area contributed by atoms with Crippen LogP contribution in [0.25, 0.3) is 0 Å². The highest BCUT2D eigenvalue weighted by atomic mass is 35.5. The van der Waals surface area contributed by atoms with E-state index in [1.165, 1.54) is 13.1 Å². The van der Waals surface area contributed by atoms with Gasteiger partial charge >= 0.3 is 5.97 Å². The summed E-state index contributed by atoms with van der Waals surface area (Å²) in [5.41, 5.74) is 0. The van der Waals surface area contributed by atoms with E-state index in [-0.39, 0.29) is 17.7 Å². The molecule has 2 N–H and O–H groups in total. The number of nitrogens with one attached hydrogen (secondary N) is 2. The van der Waals surface area contributed by atoms with E-state index in [2.05, 4.69) is 15.6 Å². The topological polar surface area (TPSA) is 97.4 Å². The number of hydrogen-bond acceptors (Lipinski definition) is 5. The molecule has 0 bridgehead atoms. The van der Waals surface area contributed by atoms with E-state index in [0.29, 0.717) is 10.8 Å². The third kappa shape index (κ3) is 6.48. The maximum atomic E-state index is 12.6. The van der Waals surface area contributed by atoms with Crippen LogP contribution in [0.3, 0.4) is 0 Å². The average molecular weight is 410 g/mol. The van der Waals surface area contributed by atoms with Crippen LogP contribution in [-0.4, -0.2) is 34.9 Å². The van der Waals surface area contributed by atoms with Gasteiger partial charge in [0.1, 0.15) is 11.9 Å². The summed E-state index contributed by atoms with van der Waals surface area (Å²) in [6.45, 7) is 5.13. The molecule has 1 fully saturated rings. The first-order chi connectivity index (χ1) is 13.3. The van der Waals surface area contributed by atoms with Gasteiger partial charge in [0.2, 0.25) is 5.91 Å². The van der Waals surface area contributed by atoms with Gasteiger partial charge < -0.3 is 15.4 Å². The molecule has 1 heterocycles. The molecule has 2 amide bonds. The summed E-state index contributed by atoms with van der Waals surface area (Å²) >= 11 is 5.76. The van der Waals surface area contributed by atoms with E-state index in [1.54, 1.807) is 12.1 Å². The van der Waals surface area contributed by atoms with Crippen molar-refractivity contribution in [3.8, 4) is 0 Å². The number of ether oxygens (including phenoxy) is 1. The number of nitrogens with zero attached hydrogens (tertiary/aromatic N) is 1. The molecule has 154 valence electrons. The Labute approximate surface area is 170 Å². The molecule has 1 aliphatic rings. The molecule has 1 aromatic heterocycles. The Bertz CT molecular complexity index is 687. The summed E-state index contributed by atoms with van der Waals surface area (Å²) in [5.74, 6) is -1.15. The third-order valence-electron chi connectivity index (χ3n) is 4.84. The molecule has 0 aromatic carbocycles. The first-order valence-electron chi connectivity index (χ1n) is 9.71. The minimum absolute atomic E-state index is 0.0560. The molecule has 28 heavy (non-hydrogen) atoms. The summed E-state index contributed by atoms with van der Waals surface area (Å²) in [5, 5.41) is 5.83. The highest BCUT2D eigenvalue weighted by Crippen LogP contribution is 2.24. The Kier molecular flexibility index (Phi) is 8.23. The van der Waals surface area contributed by atoms with Crippen molar-refractivity contribution in [1.82, 2.24) is 10.3 Å². The number of hydrogen-bond donors (Lipinski definition) is 2. The van der Waals surface area contributed by atoms with Crippen molar-refractivity contribution >= 4 is 35.2 Å². The van der Waals surface area contributed by atoms with Gasteiger partial charge in [-0.1, -0.05) is 44.7 Å². The number of carbonyl (C=O) groups excluding carboxylic acids is 3. The second-order valence-corrected chi connectivity index (χ2v) is 7.93. The number of halogens is 1. The van der Waals surface area contributed by atoms with Gasteiger partial charge in [-0.2, -0.15) is 0 Å². The van der Waals surface area contributed by atoms with E-state index < -0.39 is 24.0 Å². The Balaban J connectivity index is 1.91. The fourth-order valence-electron chi connectivity index (χ4n) is 3.11. The zero-order chi connectivity index (χ0) is 20.7. The van der Waals surface area contributed by atoms with Crippen LogP contribution in [0.15, 0.2) is 18.3 Å². The number of esters is 1. The first kappa shape index (κ1) is 22.1. The third-order valence-corrected chi connectivity index (χ3v) is 5.06. The van der Waals surface area contributed by atoms with Crippen LogP contribution in [0.2, 0.25) is 5.02 Å². The summed E-state index contributed by atoms with van der Waals surface area (Å²) in [7, 11) is 0. The Hall–Kier alpha value is -2.15. The van der Waals surface area contributed by atoms with Crippen LogP contribution in [0.5, 0.6) is 0 Å². The molecule has 2 rings (SSSR count). The van der Waals surface area contributed by atoms with Gasteiger partial charge in [-0.3, -0.25) is 9.59 Å². The number of aromatic nitrogens is 1. The van der Waals surface area contributed by atoms with Crippen LogP contribution in [0.4, 0.5) is 5.82 Å². The Morgan fingerprint density at radius 3 is 2.39 bits per heavy atom. The minimum atomic E-state index is -1.03. The van der Waals surface area contributed by atoms with E-state index in [0.717, 1.165) is 32.1 Å². The van der Waals surface area contributed by atoms with Crippen LogP contribution >= 0.6 is 11.6 Å². The lowest BCUT2D eigenvalue weighted by Gasteiger charge is -2.26. The van der Waals surface area contributed by atoms with Crippen LogP contribution in [0.1, 0.15) is 52.9 Å². The van der Waals surface area contributed by atoms with Crippen molar-refractivity contribution in [1.29, 1.82) is 0 Å². The SMILES string of the molecule is CC(C)[C@H](NC(=O)C1CCCCC1)C(=O)O[C@@H](C)C(=O)Nc1ccc(Cl)cn1. The van der Waals surface area contributed by atoms with Gasteiger partial charge in [0.05, 0.1) is 5.02 Å². The van der Waals surface area contributed by atoms with Crippen LogP contribution < -0.4 is 10.6 Å². The second kappa shape index (κ2) is 10.4. The Morgan fingerprint density at radius 2 is 1.82 bits per heavy atom. The van der Waals surface area contributed by atoms with Gasteiger partial charge in [-0.25, -0.2) is 9.78 Å². The zero-order valence-corrected chi connectivity index (χ0v) is 17.3. The van der Waals surface area contributed by atoms with E-state index in [4.69, 9.17) is 16.3 Å². The molecular formula is C20H28ClN3O4. The van der Waals surface area contributed by atoms with Gasteiger partial charge in [0, 0.05) is 12.1 Å². The highest BCUT2D eigenvalue weighted by molar-refractivity contribution is 6.30. The fraction of sp³-hybridized carbons (Fsp3) is 0.600. The van der Waals surface area contributed by atoms with Crippen molar-refractivity contribution in [2.24, 2.45) is 11.8 Å². The lowest BCUT2D eigenvalue weighted by Crippen LogP contribution is -2.49. The molecule has 0 saturated heterocycles. The predicted molar refractivity (Wildman–Crippen MR) is 107 cm³/mol. The van der Waals surface area contributed by atoms with Crippen LogP contribution in [0, 0.1) is 11.8 Å².